The summed E-state index contributed by atoms with van der Waals surface area (Å²) < 4.78 is 21.9. The Kier molecular flexibility index (Phi) is 29.4. The summed E-state index contributed by atoms with van der Waals surface area (Å²) in [6.07, 6.45) is 2.29. The number of nitrogens with two attached hydrogens (primary N) is 1. The Balaban J connectivity index is 0.000000166. The van der Waals surface area contributed by atoms with Gasteiger partial charge in [0.05, 0.1) is 26.2 Å². The first-order valence-electron chi connectivity index (χ1n) is 42.6. The van der Waals surface area contributed by atoms with Crippen molar-refractivity contribution in [2.45, 2.75) is 130 Å². The van der Waals surface area contributed by atoms with E-state index in [1.807, 2.05) is 169 Å². The number of pyridine rings is 3. The minimum atomic E-state index is -1.03. The van der Waals surface area contributed by atoms with Gasteiger partial charge in [0.15, 0.2) is 0 Å². The molecule has 0 unspecified atom stereocenters. The van der Waals surface area contributed by atoms with Crippen LogP contribution in [0.15, 0.2) is 233 Å². The molecule has 7 amide bonds. The zero-order valence-corrected chi connectivity index (χ0v) is 73.2. The number of rotatable bonds is 14. The number of anilines is 6. The molecule has 30 heteroatoms. The van der Waals surface area contributed by atoms with E-state index in [9.17, 15) is 57.8 Å². The van der Waals surface area contributed by atoms with Crippen LogP contribution in [-0.4, -0.2) is 141 Å². The summed E-state index contributed by atoms with van der Waals surface area (Å²) in [5.41, 5.74) is 18.3. The van der Waals surface area contributed by atoms with Gasteiger partial charge in [-0.25, -0.2) is 19.2 Å². The van der Waals surface area contributed by atoms with Crippen molar-refractivity contribution < 1.29 is 62.4 Å². The molecule has 6 aliphatic rings. The van der Waals surface area contributed by atoms with Gasteiger partial charge in [0, 0.05) is 139 Å². The van der Waals surface area contributed by atoms with E-state index in [2.05, 4.69) is 52.2 Å². The number of hydrogen-bond donors (Lipinski definition) is 12. The molecule has 9 heterocycles. The molecule has 13 N–H and O–H groups in total. The number of hydrogen-bond acceptors (Lipinski definition) is 19. The van der Waals surface area contributed by atoms with Crippen LogP contribution >= 0.6 is 0 Å². The highest BCUT2D eigenvalue weighted by Gasteiger charge is 2.33. The zero-order chi connectivity index (χ0) is 91.7. The second-order valence-electron chi connectivity index (χ2n) is 33.5. The van der Waals surface area contributed by atoms with Gasteiger partial charge in [-0.05, 0) is 215 Å². The van der Waals surface area contributed by atoms with Crippen LogP contribution in [0.1, 0.15) is 151 Å². The minimum absolute atomic E-state index is 0.0302. The molecule has 668 valence electrons. The average molecular weight is 1750 g/mol. The van der Waals surface area contributed by atoms with Gasteiger partial charge in [0.2, 0.25) is 17.7 Å². The van der Waals surface area contributed by atoms with Crippen molar-refractivity contribution in [1.82, 2.24) is 35.0 Å². The molecule has 6 atom stereocenters. The Bertz CT molecular complexity index is 6380. The van der Waals surface area contributed by atoms with E-state index in [1.165, 1.54) is 4.90 Å². The second-order valence-corrected chi connectivity index (χ2v) is 33.5. The number of fused-ring (bicyclic) bond motifs is 30. The number of aromatic nitrogens is 3. The second kappa shape index (κ2) is 41.4. The minimum Gasteiger partial charge on any atom is -0.481 e. The van der Waals surface area contributed by atoms with Crippen molar-refractivity contribution in [2.24, 2.45) is 5.73 Å². The Morgan fingerprint density at radius 1 is 0.434 bits per heavy atom. The smallest absolute Gasteiger partial charge is 0.411 e. The van der Waals surface area contributed by atoms with Crippen LogP contribution in [0.4, 0.5) is 53.3 Å². The maximum Gasteiger partial charge on any atom is 0.411 e. The number of H-pyrrole nitrogens is 3. The SMILES string of the molecule is Cc1cc2ccc1[C@@H](C)COC(=O)Nc1cccc(c1)CN(CCC(=O)O)C(=O)[C@@H]2Nc1ccc2cc[nH]c(=O)c2c1.Cc1cc2ccc1[C@@H](C)COC(=O)Nc1cccc(c1)CN(CCN)C(=O)[C@@H]2Nc1ccc2cc[nH]c(=O)c2c1.Cc1cc2ccc1[C@@H](C)COC(=O)Nc1cccc(c1)CN(CCNC(=O)OC(C)(C)C)C(=O)[C@@H]2Nc1ccc2cc[nH]c(=O)c2c1. The van der Waals surface area contributed by atoms with Crippen molar-refractivity contribution >= 4 is 115 Å². The first kappa shape index (κ1) is 91.6. The number of carbonyl (C=O) groups is 8. The van der Waals surface area contributed by atoms with Crippen molar-refractivity contribution in [2.75, 3.05) is 84.4 Å². The van der Waals surface area contributed by atoms with E-state index in [4.69, 9.17) is 24.7 Å². The van der Waals surface area contributed by atoms with Crippen LogP contribution in [0, 0.1) is 20.8 Å². The summed E-state index contributed by atoms with van der Waals surface area (Å²) in [6.45, 7) is 19.2. The van der Waals surface area contributed by atoms with Gasteiger partial charge in [0.25, 0.3) is 16.7 Å². The molecule has 12 aromatic rings. The van der Waals surface area contributed by atoms with Gasteiger partial charge in [-0.15, -0.1) is 0 Å². The van der Waals surface area contributed by atoms with E-state index in [1.54, 1.807) is 122 Å². The van der Waals surface area contributed by atoms with E-state index < -0.39 is 54.1 Å². The van der Waals surface area contributed by atoms with Crippen LogP contribution in [0.25, 0.3) is 32.3 Å². The Morgan fingerprint density at radius 2 is 0.767 bits per heavy atom. The molecule has 129 heavy (non-hydrogen) atoms. The fraction of sp³-hybridized carbons (Fsp3) is 0.283. The van der Waals surface area contributed by atoms with E-state index in [-0.39, 0.29) is 118 Å². The Labute approximate surface area is 744 Å². The van der Waals surface area contributed by atoms with Crippen LogP contribution < -0.4 is 59.6 Å². The van der Waals surface area contributed by atoms with E-state index >= 15 is 0 Å². The van der Waals surface area contributed by atoms with Gasteiger partial charge in [-0.1, -0.05) is 130 Å². The lowest BCUT2D eigenvalue weighted by atomic mass is 9.92. The first-order chi connectivity index (χ1) is 61.8. The maximum atomic E-state index is 14.7. The summed E-state index contributed by atoms with van der Waals surface area (Å²) in [5, 5.41) is 34.5. The Hall–Kier alpha value is -15.1. The number of aromatic amines is 3. The monoisotopic (exact) mass is 1750 g/mol. The molecule has 0 saturated heterocycles. The van der Waals surface area contributed by atoms with Gasteiger partial charge >= 0.3 is 30.3 Å². The summed E-state index contributed by atoms with van der Waals surface area (Å²) >= 11 is 0. The highest BCUT2D eigenvalue weighted by atomic mass is 16.6. The molecule has 18 rings (SSSR count). The molecule has 12 bridgehead atoms. The van der Waals surface area contributed by atoms with Crippen LogP contribution in [0.2, 0.25) is 0 Å². The van der Waals surface area contributed by atoms with Crippen molar-refractivity contribution in [3.63, 3.8) is 0 Å². The highest BCUT2D eigenvalue weighted by Crippen LogP contribution is 2.35. The molecular weight excluding hydrogens is 1640 g/mol. The third-order valence-electron chi connectivity index (χ3n) is 22.5. The topological polar surface area (TPSA) is 412 Å². The summed E-state index contributed by atoms with van der Waals surface area (Å²) in [7, 11) is 0. The first-order valence-corrected chi connectivity index (χ1v) is 42.6. The largest absolute Gasteiger partial charge is 0.481 e. The molecule has 0 saturated carbocycles. The van der Waals surface area contributed by atoms with Crippen LogP contribution in [0.5, 0.6) is 0 Å². The normalized spacial score (nSPS) is 17.5. The third-order valence-corrected chi connectivity index (χ3v) is 22.5. The number of aliphatic carboxylic acids is 1. The molecule has 0 aliphatic carbocycles. The molecule has 0 radical (unpaired) electrons. The number of nitrogens with zero attached hydrogens (tertiary/aromatic N) is 3. The number of amides is 7. The average Bonchev–Trinajstić information content (AvgIpc) is 0.798. The number of ether oxygens (including phenoxy) is 4. The molecule has 0 fully saturated rings. The van der Waals surface area contributed by atoms with Crippen molar-refractivity contribution in [3.05, 3.63) is 317 Å². The van der Waals surface area contributed by atoms with Crippen LogP contribution in [0.3, 0.4) is 0 Å². The van der Waals surface area contributed by atoms with Gasteiger partial charge in [-0.3, -0.25) is 49.5 Å². The number of carboxylic acid groups (broad SMARTS) is 1. The van der Waals surface area contributed by atoms with E-state index in [0.717, 1.165) is 71.8 Å². The fourth-order valence-electron chi connectivity index (χ4n) is 16.1. The lowest BCUT2D eigenvalue weighted by molar-refractivity contribution is -0.139. The van der Waals surface area contributed by atoms with Gasteiger partial charge in [-0.2, -0.15) is 0 Å². The standard InChI is InChI=1S/C36H41N5O6.C32H32N4O6.C31H33N5O4/c1-22-17-26-10-12-29(22)23(2)21-46-35(45)40-27-8-6-7-24(18-27)20-41(16-15-38-34(44)47-36(3,4)5)33(43)31(26)39-28-11-9-25-13-14-37-32(42)30(25)19-28;1-19-14-23-7-9-26(19)20(2)18-42-32(41)35-24-5-3-4-21(15-24)17-36(13-11-28(37)38)31(40)29(23)34-25-8-6-22-10-12-33-30(39)27(22)16-25;1-19-14-23-7-9-26(19)20(2)18-40-31(39)35-24-5-3-4-21(15-24)17-36(13-11-32)30(38)28(23)34-25-8-6-22-10-12-33-29(37)27(22)16-25/h6-14,17-19,23,31,39H,15-16,20-21H2,1-5H3,(H,37,42)(H,38,44)(H,40,45);3-10,12,14-16,20,29,34H,11,13,17-18H2,1-2H3,(H,33,39)(H,35,41)(H,37,38);3-10,12,14-16,20,28,34H,11,13,17-18,32H2,1-2H3,(H,33,37)(H,35,39)/t23-,31+;20-,29+;20-,28+/m000/s1. The van der Waals surface area contributed by atoms with Crippen molar-refractivity contribution in [1.29, 1.82) is 0 Å². The quantitative estimate of drug-likeness (QED) is 0.0450. The molecular formula is C99H106N14O16. The van der Waals surface area contributed by atoms with E-state index in [0.29, 0.717) is 74.5 Å². The molecule has 6 aliphatic heterocycles. The lowest BCUT2D eigenvalue weighted by Gasteiger charge is -2.30. The number of carbonyl (C=O) groups excluding carboxylic acids is 7. The molecule has 0 spiro atoms. The van der Waals surface area contributed by atoms with Crippen molar-refractivity contribution in [3.8, 4) is 0 Å². The van der Waals surface area contributed by atoms with Gasteiger partial charge in [0.1, 0.15) is 23.7 Å². The summed E-state index contributed by atoms with van der Waals surface area (Å²) in [5.74, 6) is -2.02. The summed E-state index contributed by atoms with van der Waals surface area (Å²) in [4.78, 5) is 155. The number of nitrogens with one attached hydrogen (secondary N) is 10. The maximum absolute atomic E-state index is 14.7. The predicted molar refractivity (Wildman–Crippen MR) is 498 cm³/mol. The van der Waals surface area contributed by atoms with Crippen LogP contribution in [-0.2, 0) is 57.8 Å². The summed E-state index contributed by atoms with van der Waals surface area (Å²) in [6, 6.07) is 58.1. The Morgan fingerprint density at radius 3 is 1.09 bits per heavy atom. The zero-order valence-electron chi connectivity index (χ0n) is 73.2. The highest BCUT2D eigenvalue weighted by molar-refractivity contribution is 5.93. The predicted octanol–water partition coefficient (Wildman–Crippen LogP) is 16.0. The molecule has 30 nitrogen and oxygen atoms in total. The number of aryl methyl sites for hydroxylation is 3. The lowest BCUT2D eigenvalue weighted by Crippen LogP contribution is -2.43. The fourth-order valence-corrected chi connectivity index (χ4v) is 16.1. The number of alkyl carbamates (subject to hydrolysis) is 1. The third kappa shape index (κ3) is 23.9. The number of carboxylic acids is 1. The van der Waals surface area contributed by atoms with Gasteiger partial charge < -0.3 is 80.7 Å². The number of benzene rings is 9. The molecule has 9 aromatic carbocycles. The molecule has 3 aromatic heterocycles.